The number of carbonyl (C=O) groups is 1. The number of carbonyl (C=O) groups excluding carboxylic acids is 1. The van der Waals surface area contributed by atoms with Crippen molar-refractivity contribution in [1.29, 1.82) is 0 Å². The SMILES string of the molecule is O=C(c1c(F)ccc(N2CCC(F)(F)C2)c1F)c1c[nH]c2ncc(-c3cnc(C4CC4)nc3)cc12. The molecule has 1 saturated heterocycles. The molecule has 2 aliphatic rings. The van der Waals surface area contributed by atoms with E-state index in [2.05, 4.69) is 19.9 Å². The largest absolute Gasteiger partial charge is 0.363 e. The lowest BCUT2D eigenvalue weighted by atomic mass is 10.00. The predicted molar refractivity (Wildman–Crippen MR) is 121 cm³/mol. The van der Waals surface area contributed by atoms with Crippen molar-refractivity contribution in [3.05, 3.63) is 71.6 Å². The number of halogens is 4. The Bertz CT molecular complexity index is 1460. The van der Waals surface area contributed by atoms with E-state index in [1.165, 1.54) is 6.20 Å². The molecule has 4 heterocycles. The number of aromatic nitrogens is 4. The molecule has 1 aliphatic heterocycles. The number of hydrogen-bond acceptors (Lipinski definition) is 5. The topological polar surface area (TPSA) is 74.8 Å². The maximum absolute atomic E-state index is 15.3. The number of fused-ring (bicyclic) bond motifs is 1. The van der Waals surface area contributed by atoms with Gasteiger partial charge in [0.25, 0.3) is 5.92 Å². The third kappa shape index (κ3) is 3.82. The number of aromatic amines is 1. The monoisotopic (exact) mass is 481 g/mol. The number of alkyl halides is 2. The molecule has 6 nitrogen and oxygen atoms in total. The standard InChI is InChI=1S/C25H19F4N5O/c26-18-3-4-19(34-6-5-25(28,29)12-34)21(27)20(18)22(35)17-11-33-24-16(17)7-14(8-32-24)15-9-30-23(31-10-15)13-1-2-13/h3-4,7-11,13H,1-2,5-6,12H2,(H,32,33). The molecule has 35 heavy (non-hydrogen) atoms. The number of nitrogens with zero attached hydrogens (tertiary/aromatic N) is 4. The Morgan fingerprint density at radius 3 is 2.49 bits per heavy atom. The molecule has 0 atom stereocenters. The molecule has 1 N–H and O–H groups in total. The van der Waals surface area contributed by atoms with Gasteiger partial charge >= 0.3 is 0 Å². The van der Waals surface area contributed by atoms with Gasteiger partial charge in [-0.2, -0.15) is 0 Å². The number of ketones is 1. The van der Waals surface area contributed by atoms with Crippen LogP contribution in [0, 0.1) is 11.6 Å². The first-order valence-electron chi connectivity index (χ1n) is 11.3. The van der Waals surface area contributed by atoms with Gasteiger partial charge in [0.15, 0.2) is 5.82 Å². The summed E-state index contributed by atoms with van der Waals surface area (Å²) in [4.78, 5) is 30.4. The first kappa shape index (κ1) is 21.7. The Kier molecular flexibility index (Phi) is 4.87. The molecule has 178 valence electrons. The van der Waals surface area contributed by atoms with Crippen LogP contribution in [0.15, 0.2) is 43.0 Å². The first-order valence-corrected chi connectivity index (χ1v) is 11.3. The van der Waals surface area contributed by atoms with Crippen LogP contribution in [-0.4, -0.2) is 44.7 Å². The number of benzene rings is 1. The molecule has 10 heteroatoms. The van der Waals surface area contributed by atoms with E-state index in [1.807, 2.05) is 0 Å². The minimum absolute atomic E-state index is 0.0200. The van der Waals surface area contributed by atoms with Gasteiger partial charge in [-0.3, -0.25) is 4.79 Å². The molecule has 2 fully saturated rings. The third-order valence-electron chi connectivity index (χ3n) is 6.53. The van der Waals surface area contributed by atoms with Crippen molar-refractivity contribution in [3.63, 3.8) is 0 Å². The van der Waals surface area contributed by atoms with E-state index in [1.54, 1.807) is 24.7 Å². The van der Waals surface area contributed by atoms with Crippen LogP contribution in [0.4, 0.5) is 23.2 Å². The molecule has 0 bridgehead atoms. The van der Waals surface area contributed by atoms with E-state index in [-0.39, 0.29) is 17.8 Å². The second kappa shape index (κ2) is 7.86. The zero-order chi connectivity index (χ0) is 24.3. The molecule has 1 aromatic carbocycles. The highest BCUT2D eigenvalue weighted by Gasteiger charge is 2.40. The number of hydrogen-bond donors (Lipinski definition) is 1. The van der Waals surface area contributed by atoms with Gasteiger partial charge in [0.2, 0.25) is 5.78 Å². The van der Waals surface area contributed by atoms with Crippen molar-refractivity contribution in [2.75, 3.05) is 18.0 Å². The van der Waals surface area contributed by atoms with E-state index in [4.69, 9.17) is 0 Å². The molecule has 1 aliphatic carbocycles. The minimum atomic E-state index is -2.97. The average molecular weight is 481 g/mol. The van der Waals surface area contributed by atoms with Gasteiger partial charge in [0.1, 0.15) is 17.3 Å². The fourth-order valence-corrected chi connectivity index (χ4v) is 4.46. The summed E-state index contributed by atoms with van der Waals surface area (Å²) >= 11 is 0. The lowest BCUT2D eigenvalue weighted by Gasteiger charge is -2.20. The summed E-state index contributed by atoms with van der Waals surface area (Å²) in [5.74, 6) is -4.89. The fraction of sp³-hybridized carbons (Fsp3) is 0.280. The molecular formula is C25H19F4N5O. The molecule has 1 saturated carbocycles. The maximum Gasteiger partial charge on any atom is 0.266 e. The van der Waals surface area contributed by atoms with Crippen molar-refractivity contribution in [1.82, 2.24) is 19.9 Å². The maximum atomic E-state index is 15.3. The van der Waals surface area contributed by atoms with E-state index < -0.39 is 41.9 Å². The van der Waals surface area contributed by atoms with Crippen LogP contribution in [0.3, 0.4) is 0 Å². The second-order valence-electron chi connectivity index (χ2n) is 9.04. The average Bonchev–Trinajstić information content (AvgIpc) is 3.51. The molecule has 6 rings (SSSR count). The Balaban J connectivity index is 1.38. The lowest BCUT2D eigenvalue weighted by molar-refractivity contribution is 0.0257. The van der Waals surface area contributed by atoms with E-state index in [9.17, 15) is 18.0 Å². The molecule has 0 amide bonds. The summed E-state index contributed by atoms with van der Waals surface area (Å²) in [7, 11) is 0. The minimum Gasteiger partial charge on any atom is -0.363 e. The summed E-state index contributed by atoms with van der Waals surface area (Å²) in [5.41, 5.74) is 0.704. The summed E-state index contributed by atoms with van der Waals surface area (Å²) in [6.45, 7) is -0.781. The predicted octanol–water partition coefficient (Wildman–Crippen LogP) is 5.25. The normalized spacial score (nSPS) is 17.3. The third-order valence-corrected chi connectivity index (χ3v) is 6.53. The van der Waals surface area contributed by atoms with Crippen LogP contribution in [0.25, 0.3) is 22.2 Å². The molecular weight excluding hydrogens is 462 g/mol. The molecule has 0 unspecified atom stereocenters. The highest BCUT2D eigenvalue weighted by atomic mass is 19.3. The molecule has 4 aromatic rings. The van der Waals surface area contributed by atoms with E-state index in [0.717, 1.165) is 35.7 Å². The quantitative estimate of drug-likeness (QED) is 0.311. The van der Waals surface area contributed by atoms with Gasteiger partial charge in [-0.15, -0.1) is 0 Å². The van der Waals surface area contributed by atoms with Crippen molar-refractivity contribution in [3.8, 4) is 11.1 Å². The Labute approximate surface area is 197 Å². The molecule has 0 spiro atoms. The molecule has 0 radical (unpaired) electrons. The van der Waals surface area contributed by atoms with Gasteiger partial charge in [-0.1, -0.05) is 0 Å². The Morgan fingerprint density at radius 2 is 1.80 bits per heavy atom. The van der Waals surface area contributed by atoms with Crippen LogP contribution >= 0.6 is 0 Å². The lowest BCUT2D eigenvalue weighted by Crippen LogP contribution is -2.26. The van der Waals surface area contributed by atoms with Crippen molar-refractivity contribution >= 4 is 22.5 Å². The highest BCUT2D eigenvalue weighted by molar-refractivity contribution is 6.16. The van der Waals surface area contributed by atoms with Gasteiger partial charge in [0, 0.05) is 65.7 Å². The van der Waals surface area contributed by atoms with E-state index in [0.29, 0.717) is 28.1 Å². The number of rotatable bonds is 5. The summed E-state index contributed by atoms with van der Waals surface area (Å²) < 4.78 is 57.4. The number of nitrogens with one attached hydrogen (secondary N) is 1. The Hall–Kier alpha value is -3.82. The summed E-state index contributed by atoms with van der Waals surface area (Å²) in [6, 6.07) is 3.70. The van der Waals surface area contributed by atoms with Crippen LogP contribution in [0.2, 0.25) is 0 Å². The van der Waals surface area contributed by atoms with E-state index >= 15 is 4.39 Å². The van der Waals surface area contributed by atoms with Crippen LogP contribution < -0.4 is 4.90 Å². The zero-order valence-electron chi connectivity index (χ0n) is 18.4. The van der Waals surface area contributed by atoms with Gasteiger partial charge in [0.05, 0.1) is 17.8 Å². The van der Waals surface area contributed by atoms with Crippen LogP contribution in [0.5, 0.6) is 0 Å². The van der Waals surface area contributed by atoms with Crippen molar-refractivity contribution < 1.29 is 22.4 Å². The fourth-order valence-electron chi connectivity index (χ4n) is 4.46. The van der Waals surface area contributed by atoms with Crippen LogP contribution in [0.1, 0.15) is 46.9 Å². The summed E-state index contributed by atoms with van der Waals surface area (Å²) in [5, 5.41) is 0.371. The zero-order valence-corrected chi connectivity index (χ0v) is 18.4. The van der Waals surface area contributed by atoms with Gasteiger partial charge < -0.3 is 9.88 Å². The smallest absolute Gasteiger partial charge is 0.266 e. The Morgan fingerprint density at radius 1 is 1.06 bits per heavy atom. The number of anilines is 1. The first-order chi connectivity index (χ1) is 16.8. The van der Waals surface area contributed by atoms with Gasteiger partial charge in [-0.25, -0.2) is 32.5 Å². The number of pyridine rings is 1. The highest BCUT2D eigenvalue weighted by Crippen LogP contribution is 2.38. The van der Waals surface area contributed by atoms with Crippen molar-refractivity contribution in [2.45, 2.75) is 31.1 Å². The van der Waals surface area contributed by atoms with Gasteiger partial charge in [-0.05, 0) is 31.0 Å². The van der Waals surface area contributed by atoms with Crippen LogP contribution in [-0.2, 0) is 0 Å². The number of H-pyrrole nitrogens is 1. The van der Waals surface area contributed by atoms with Crippen molar-refractivity contribution in [2.24, 2.45) is 0 Å². The molecule has 3 aromatic heterocycles. The summed E-state index contributed by atoms with van der Waals surface area (Å²) in [6.07, 6.45) is 8.03. The second-order valence-corrected chi connectivity index (χ2v) is 9.04.